The van der Waals surface area contributed by atoms with Crippen molar-refractivity contribution in [3.8, 4) is 5.75 Å². The monoisotopic (exact) mass is 619 g/mol. The van der Waals surface area contributed by atoms with Gasteiger partial charge in [-0.05, 0) is 89.2 Å². The number of benzene rings is 2. The third kappa shape index (κ3) is 9.29. The number of nitrogens with zero attached hydrogens (tertiary/aromatic N) is 3. The molecule has 1 atom stereocenters. The summed E-state index contributed by atoms with van der Waals surface area (Å²) in [5, 5.41) is 0.585. The van der Waals surface area contributed by atoms with Gasteiger partial charge in [-0.1, -0.05) is 30.2 Å². The minimum atomic E-state index is -0.931. The first kappa shape index (κ1) is 33.0. The summed E-state index contributed by atoms with van der Waals surface area (Å²) in [5.74, 6) is -1.75. The maximum atomic E-state index is 14.4. The van der Waals surface area contributed by atoms with Gasteiger partial charge in [0.05, 0.1) is 0 Å². The van der Waals surface area contributed by atoms with Gasteiger partial charge in [0.2, 0.25) is 5.91 Å². The normalized spacial score (nSPS) is 17.4. The number of likely N-dealkylation sites (N-methyl/N-ethyl adjacent to an activating group) is 1. The highest BCUT2D eigenvalue weighted by atomic mass is 35.5. The van der Waals surface area contributed by atoms with Crippen molar-refractivity contribution in [3.05, 3.63) is 64.2 Å². The molecule has 4 rings (SSSR count). The Hall–Kier alpha value is -2.91. The average molecular weight is 620 g/mol. The lowest BCUT2D eigenvalue weighted by Crippen LogP contribution is -2.53. The molecule has 2 fully saturated rings. The second kappa shape index (κ2) is 14.7. The highest BCUT2D eigenvalue weighted by molar-refractivity contribution is 6.30. The van der Waals surface area contributed by atoms with Gasteiger partial charge in [0.15, 0.2) is 11.6 Å². The van der Waals surface area contributed by atoms with E-state index in [1.807, 2.05) is 12.1 Å². The van der Waals surface area contributed by atoms with Gasteiger partial charge >= 0.3 is 6.09 Å². The van der Waals surface area contributed by atoms with Crippen LogP contribution >= 0.6 is 11.6 Å². The number of hydrogen-bond acceptors (Lipinski definition) is 5. The molecule has 0 spiro atoms. The van der Waals surface area contributed by atoms with Gasteiger partial charge < -0.3 is 14.4 Å². The van der Waals surface area contributed by atoms with Crippen LogP contribution in [-0.4, -0.2) is 84.7 Å². The lowest BCUT2D eigenvalue weighted by Gasteiger charge is -2.37. The van der Waals surface area contributed by atoms with Gasteiger partial charge in [-0.3, -0.25) is 14.6 Å². The van der Waals surface area contributed by atoms with Crippen molar-refractivity contribution < 1.29 is 27.8 Å². The van der Waals surface area contributed by atoms with E-state index in [-0.39, 0.29) is 11.8 Å². The summed E-state index contributed by atoms with van der Waals surface area (Å²) in [5.41, 5.74) is 0.782. The zero-order valence-corrected chi connectivity index (χ0v) is 26.5. The van der Waals surface area contributed by atoms with Gasteiger partial charge in [-0.15, -0.1) is 0 Å². The molecule has 0 N–H and O–H groups in total. The van der Waals surface area contributed by atoms with Gasteiger partial charge in [-0.25, -0.2) is 13.6 Å². The van der Waals surface area contributed by atoms with Crippen LogP contribution in [0.2, 0.25) is 5.02 Å². The lowest BCUT2D eigenvalue weighted by atomic mass is 9.88. The van der Waals surface area contributed by atoms with E-state index in [2.05, 4.69) is 4.90 Å². The number of halogens is 3. The largest absolute Gasteiger partial charge is 0.492 e. The second-order valence-electron chi connectivity index (χ2n) is 12.6. The van der Waals surface area contributed by atoms with E-state index >= 15 is 0 Å². The molecule has 0 bridgehead atoms. The van der Waals surface area contributed by atoms with E-state index in [1.54, 1.807) is 44.9 Å². The quantitative estimate of drug-likeness (QED) is 0.314. The number of hydrogen-bond donors (Lipinski definition) is 0. The van der Waals surface area contributed by atoms with Crippen LogP contribution in [0, 0.1) is 11.6 Å². The molecule has 7 nitrogen and oxygen atoms in total. The molecule has 0 aliphatic carbocycles. The predicted octanol–water partition coefficient (Wildman–Crippen LogP) is 6.67. The van der Waals surface area contributed by atoms with Gasteiger partial charge in [-0.2, -0.15) is 0 Å². The Morgan fingerprint density at radius 3 is 2.26 bits per heavy atom. The summed E-state index contributed by atoms with van der Waals surface area (Å²) >= 11 is 6.06. The zero-order chi connectivity index (χ0) is 31.1. The molecule has 2 aliphatic heterocycles. The molecule has 43 heavy (non-hydrogen) atoms. The van der Waals surface area contributed by atoms with E-state index < -0.39 is 29.4 Å². The minimum Gasteiger partial charge on any atom is -0.492 e. The molecule has 10 heteroatoms. The second-order valence-corrected chi connectivity index (χ2v) is 13.0. The van der Waals surface area contributed by atoms with Crippen molar-refractivity contribution >= 4 is 23.6 Å². The number of amides is 2. The highest BCUT2D eigenvalue weighted by Gasteiger charge is 2.35. The molecule has 2 saturated heterocycles. The predicted molar refractivity (Wildman–Crippen MR) is 164 cm³/mol. The van der Waals surface area contributed by atoms with E-state index in [4.69, 9.17) is 21.1 Å². The van der Waals surface area contributed by atoms with Gasteiger partial charge in [0.1, 0.15) is 24.0 Å². The standard InChI is InChI=1S/C33H44ClF2N3O4/c1-33(2,3)43-32(41)37(4)29(20-23-8-10-25(34)11-9-23)31(40)39-16-12-24(13-17-39)26-21-27(35)28(36)22-30(26)42-19-18-38-14-6-5-7-15-38/h8-11,21-22,24,29H,5-7,12-20H2,1-4H3/t29-/m1/s1. The van der Waals surface area contributed by atoms with Crippen LogP contribution in [0.3, 0.4) is 0 Å². The summed E-state index contributed by atoms with van der Waals surface area (Å²) in [7, 11) is 1.58. The SMILES string of the molecule is CN(C(=O)OC(C)(C)C)[C@H](Cc1ccc(Cl)cc1)C(=O)N1CCC(c2cc(F)c(F)cc2OCCN2CCCCC2)CC1. The fourth-order valence-corrected chi connectivity index (χ4v) is 5.90. The third-order valence-electron chi connectivity index (χ3n) is 8.19. The summed E-state index contributed by atoms with van der Waals surface area (Å²) in [6.07, 6.45) is 4.41. The molecule has 0 unspecified atom stereocenters. The molecule has 236 valence electrons. The fourth-order valence-electron chi connectivity index (χ4n) is 5.77. The minimum absolute atomic E-state index is 0.0950. The van der Waals surface area contributed by atoms with Crippen LogP contribution in [0.15, 0.2) is 36.4 Å². The third-order valence-corrected chi connectivity index (χ3v) is 8.44. The van der Waals surface area contributed by atoms with Crippen LogP contribution in [-0.2, 0) is 16.0 Å². The summed E-state index contributed by atoms with van der Waals surface area (Å²) in [6, 6.07) is 8.80. The molecule has 0 saturated carbocycles. The van der Waals surface area contributed by atoms with Crippen molar-refractivity contribution in [3.63, 3.8) is 0 Å². The highest BCUT2D eigenvalue weighted by Crippen LogP contribution is 2.36. The van der Waals surface area contributed by atoms with Crippen molar-refractivity contribution in [2.75, 3.05) is 46.4 Å². The number of piperidine rings is 2. The maximum absolute atomic E-state index is 14.4. The summed E-state index contributed by atoms with van der Waals surface area (Å²) in [6.45, 7) is 9.37. The first-order valence-electron chi connectivity index (χ1n) is 15.2. The van der Waals surface area contributed by atoms with Crippen molar-refractivity contribution in [1.29, 1.82) is 0 Å². The van der Waals surface area contributed by atoms with Crippen molar-refractivity contribution in [1.82, 2.24) is 14.7 Å². The molecule has 0 aromatic heterocycles. The number of rotatable bonds is 9. The van der Waals surface area contributed by atoms with Crippen molar-refractivity contribution in [2.45, 2.75) is 76.9 Å². The molecule has 2 amide bonds. The Kier molecular flexibility index (Phi) is 11.3. The van der Waals surface area contributed by atoms with Crippen LogP contribution in [0.5, 0.6) is 5.75 Å². The van der Waals surface area contributed by atoms with E-state index in [9.17, 15) is 18.4 Å². The fraction of sp³-hybridized carbons (Fsp3) is 0.576. The van der Waals surface area contributed by atoms with Crippen LogP contribution < -0.4 is 4.74 Å². The van der Waals surface area contributed by atoms with Crippen molar-refractivity contribution in [2.24, 2.45) is 0 Å². The lowest BCUT2D eigenvalue weighted by molar-refractivity contribution is -0.137. The molecule has 2 heterocycles. The smallest absolute Gasteiger partial charge is 0.410 e. The molecular formula is C33H44ClF2N3O4. The number of carbonyl (C=O) groups excluding carboxylic acids is 2. The number of likely N-dealkylation sites (tertiary alicyclic amines) is 2. The van der Waals surface area contributed by atoms with E-state index in [1.165, 1.54) is 30.2 Å². The topological polar surface area (TPSA) is 62.3 Å². The molecule has 2 aromatic rings. The summed E-state index contributed by atoms with van der Waals surface area (Å²) in [4.78, 5) is 32.3. The Balaban J connectivity index is 1.44. The number of carbonyl (C=O) groups is 2. The molecule has 2 aliphatic rings. The van der Waals surface area contributed by atoms with Crippen LogP contribution in [0.25, 0.3) is 0 Å². The first-order chi connectivity index (χ1) is 20.4. The van der Waals surface area contributed by atoms with Crippen LogP contribution in [0.1, 0.15) is 69.9 Å². The first-order valence-corrected chi connectivity index (χ1v) is 15.6. The molecule has 0 radical (unpaired) electrons. The van der Waals surface area contributed by atoms with Gasteiger partial charge in [0, 0.05) is 49.8 Å². The Bertz CT molecular complexity index is 1240. The Morgan fingerprint density at radius 1 is 1.00 bits per heavy atom. The Labute approximate surface area is 259 Å². The van der Waals surface area contributed by atoms with E-state index in [0.717, 1.165) is 31.3 Å². The maximum Gasteiger partial charge on any atom is 0.410 e. The summed E-state index contributed by atoms with van der Waals surface area (Å²) < 4.78 is 40.2. The molecule has 2 aromatic carbocycles. The van der Waals surface area contributed by atoms with E-state index in [0.29, 0.717) is 55.3 Å². The molecular weight excluding hydrogens is 576 g/mol. The van der Waals surface area contributed by atoms with Gasteiger partial charge in [0.25, 0.3) is 0 Å². The zero-order valence-electron chi connectivity index (χ0n) is 25.7. The van der Waals surface area contributed by atoms with Crippen LogP contribution in [0.4, 0.5) is 13.6 Å². The average Bonchev–Trinajstić information content (AvgIpc) is 2.97. The number of ether oxygens (including phenoxy) is 2. The Morgan fingerprint density at radius 2 is 1.63 bits per heavy atom.